The molecule has 0 bridgehead atoms. The number of rotatable bonds is 4. The van der Waals surface area contributed by atoms with E-state index in [0.717, 1.165) is 0 Å². The smallest absolute Gasteiger partial charge is 0.0818 e. The largest absolute Gasteiger partial charge is 0.393 e. The van der Waals surface area contributed by atoms with Crippen molar-refractivity contribution in [1.29, 1.82) is 0 Å². The second-order valence-electron chi connectivity index (χ2n) is 2.24. The van der Waals surface area contributed by atoms with Gasteiger partial charge in [-0.25, -0.2) is 0 Å². The lowest BCUT2D eigenvalue weighted by atomic mass is 10.1. The minimum absolute atomic E-state index is 0.374. The van der Waals surface area contributed by atoms with Crippen LogP contribution in [0.5, 0.6) is 0 Å². The summed E-state index contributed by atoms with van der Waals surface area (Å²) in [5, 5.41) is 18.1. The summed E-state index contributed by atoms with van der Waals surface area (Å²) in [7, 11) is 0. The average molecular weight is 142 g/mol. The molecule has 0 rings (SSSR count). The molecular formula is C8H14O2. The van der Waals surface area contributed by atoms with Gasteiger partial charge in [0.1, 0.15) is 0 Å². The van der Waals surface area contributed by atoms with E-state index in [0.29, 0.717) is 12.8 Å². The van der Waals surface area contributed by atoms with Crippen LogP contribution in [-0.2, 0) is 0 Å². The van der Waals surface area contributed by atoms with E-state index < -0.39 is 12.2 Å². The molecular weight excluding hydrogens is 128 g/mol. The molecule has 0 spiro atoms. The molecule has 58 valence electrons. The normalized spacial score (nSPS) is 15.5. The van der Waals surface area contributed by atoms with Crippen molar-refractivity contribution in [1.82, 2.24) is 0 Å². The highest BCUT2D eigenvalue weighted by atomic mass is 16.3. The third kappa shape index (κ3) is 4.33. The Bertz CT molecular complexity index is 125. The molecule has 2 N–H and O–H groups in total. The Hall–Kier alpha value is -0.560. The summed E-state index contributed by atoms with van der Waals surface area (Å²) in [5.41, 5.74) is 2.46. The molecule has 0 aliphatic rings. The molecule has 2 unspecified atom stereocenters. The Morgan fingerprint density at radius 3 is 2.60 bits per heavy atom. The molecule has 0 aromatic rings. The van der Waals surface area contributed by atoms with Crippen molar-refractivity contribution in [3.05, 3.63) is 18.4 Å². The first kappa shape index (κ1) is 9.44. The molecule has 0 aromatic heterocycles. The second kappa shape index (κ2) is 5.24. The van der Waals surface area contributed by atoms with Crippen molar-refractivity contribution in [2.45, 2.75) is 32.0 Å². The lowest BCUT2D eigenvalue weighted by molar-refractivity contribution is 0.101. The van der Waals surface area contributed by atoms with Gasteiger partial charge in [-0.3, -0.25) is 0 Å². The van der Waals surface area contributed by atoms with Crippen molar-refractivity contribution in [3.8, 4) is 0 Å². The van der Waals surface area contributed by atoms with Gasteiger partial charge in [0.15, 0.2) is 0 Å². The van der Waals surface area contributed by atoms with Crippen molar-refractivity contribution in [2.75, 3.05) is 0 Å². The molecule has 0 saturated carbocycles. The Kier molecular flexibility index (Phi) is 4.95. The van der Waals surface area contributed by atoms with Crippen molar-refractivity contribution < 1.29 is 10.2 Å². The molecule has 0 aliphatic heterocycles. The first-order chi connectivity index (χ1) is 4.70. The van der Waals surface area contributed by atoms with Gasteiger partial charge in [-0.15, -0.1) is 5.73 Å². The Labute approximate surface area is 61.5 Å². The third-order valence-electron chi connectivity index (χ3n) is 1.30. The van der Waals surface area contributed by atoms with Crippen LogP contribution in [-0.4, -0.2) is 22.4 Å². The first-order valence-electron chi connectivity index (χ1n) is 3.42. The summed E-state index contributed by atoms with van der Waals surface area (Å²) in [6.07, 6.45) is 1.46. The van der Waals surface area contributed by atoms with Crippen LogP contribution in [0.25, 0.3) is 0 Å². The summed E-state index contributed by atoms with van der Waals surface area (Å²) >= 11 is 0. The van der Waals surface area contributed by atoms with Gasteiger partial charge >= 0.3 is 0 Å². The maximum atomic E-state index is 9.03. The van der Waals surface area contributed by atoms with E-state index in [4.69, 9.17) is 10.2 Å². The maximum Gasteiger partial charge on any atom is 0.0818 e. The van der Waals surface area contributed by atoms with Gasteiger partial charge in [-0.05, 0) is 12.5 Å². The molecule has 0 amide bonds. The highest BCUT2D eigenvalue weighted by Crippen LogP contribution is 2.01. The molecule has 2 atom stereocenters. The monoisotopic (exact) mass is 142 g/mol. The van der Waals surface area contributed by atoms with E-state index in [2.05, 4.69) is 12.3 Å². The standard InChI is InChI=1S/C8H14O2/c1-3-5-8(10)6-7(9)4-2/h5,7-10H,1,4,6H2,2H3. The number of hydrogen-bond donors (Lipinski definition) is 2. The van der Waals surface area contributed by atoms with Gasteiger partial charge in [0.2, 0.25) is 0 Å². The summed E-state index contributed by atoms with van der Waals surface area (Å²) in [6.45, 7) is 5.18. The Morgan fingerprint density at radius 2 is 2.20 bits per heavy atom. The molecule has 0 aromatic carbocycles. The van der Waals surface area contributed by atoms with Crippen LogP contribution in [0.15, 0.2) is 18.4 Å². The fraction of sp³-hybridized carbons (Fsp3) is 0.625. The molecule has 10 heavy (non-hydrogen) atoms. The molecule has 0 radical (unpaired) electrons. The number of hydrogen-bond acceptors (Lipinski definition) is 2. The van der Waals surface area contributed by atoms with Crippen LogP contribution in [0.3, 0.4) is 0 Å². The molecule has 0 saturated heterocycles. The Balaban J connectivity index is 3.56. The van der Waals surface area contributed by atoms with Gasteiger partial charge in [-0.1, -0.05) is 13.5 Å². The third-order valence-corrected chi connectivity index (χ3v) is 1.30. The minimum Gasteiger partial charge on any atom is -0.393 e. The van der Waals surface area contributed by atoms with E-state index in [1.54, 1.807) is 0 Å². The van der Waals surface area contributed by atoms with Crippen LogP contribution in [0, 0.1) is 0 Å². The van der Waals surface area contributed by atoms with Crippen LogP contribution < -0.4 is 0 Å². The SMILES string of the molecule is C=C=CC(O)CC(O)CC. The fourth-order valence-corrected chi connectivity index (χ4v) is 0.650. The first-order valence-corrected chi connectivity index (χ1v) is 3.42. The van der Waals surface area contributed by atoms with Crippen LogP contribution >= 0.6 is 0 Å². The van der Waals surface area contributed by atoms with Crippen molar-refractivity contribution in [3.63, 3.8) is 0 Å². The molecule has 2 heteroatoms. The highest BCUT2D eigenvalue weighted by molar-refractivity contribution is 4.85. The lowest BCUT2D eigenvalue weighted by Crippen LogP contribution is -2.14. The van der Waals surface area contributed by atoms with E-state index in [1.807, 2.05) is 6.92 Å². The zero-order valence-electron chi connectivity index (χ0n) is 6.25. The second-order valence-corrected chi connectivity index (χ2v) is 2.24. The van der Waals surface area contributed by atoms with Crippen LogP contribution in [0.4, 0.5) is 0 Å². The molecule has 2 nitrogen and oxygen atoms in total. The quantitative estimate of drug-likeness (QED) is 0.571. The van der Waals surface area contributed by atoms with Gasteiger partial charge in [0, 0.05) is 6.42 Å². The molecule has 0 heterocycles. The lowest BCUT2D eigenvalue weighted by Gasteiger charge is -2.08. The van der Waals surface area contributed by atoms with Gasteiger partial charge < -0.3 is 10.2 Å². The molecule has 0 aliphatic carbocycles. The summed E-state index contributed by atoms with van der Waals surface area (Å²) < 4.78 is 0. The summed E-state index contributed by atoms with van der Waals surface area (Å²) in [6, 6.07) is 0. The van der Waals surface area contributed by atoms with Gasteiger partial charge in [0.05, 0.1) is 12.2 Å². The average Bonchev–Trinajstić information content (AvgIpc) is 1.88. The zero-order chi connectivity index (χ0) is 7.98. The van der Waals surface area contributed by atoms with E-state index in [1.165, 1.54) is 6.08 Å². The fourth-order valence-electron chi connectivity index (χ4n) is 0.650. The van der Waals surface area contributed by atoms with E-state index >= 15 is 0 Å². The predicted octanol–water partition coefficient (Wildman–Crippen LogP) is 0.849. The van der Waals surface area contributed by atoms with E-state index in [-0.39, 0.29) is 0 Å². The Morgan fingerprint density at radius 1 is 1.60 bits per heavy atom. The van der Waals surface area contributed by atoms with E-state index in [9.17, 15) is 0 Å². The van der Waals surface area contributed by atoms with Gasteiger partial charge in [-0.2, -0.15) is 0 Å². The molecule has 0 fully saturated rings. The van der Waals surface area contributed by atoms with Gasteiger partial charge in [0.25, 0.3) is 0 Å². The number of aliphatic hydroxyl groups excluding tert-OH is 2. The topological polar surface area (TPSA) is 40.5 Å². The highest BCUT2D eigenvalue weighted by Gasteiger charge is 2.05. The van der Waals surface area contributed by atoms with Crippen LogP contribution in [0.1, 0.15) is 19.8 Å². The summed E-state index contributed by atoms with van der Waals surface area (Å²) in [4.78, 5) is 0. The summed E-state index contributed by atoms with van der Waals surface area (Å²) in [5.74, 6) is 0. The van der Waals surface area contributed by atoms with Crippen LogP contribution in [0.2, 0.25) is 0 Å². The predicted molar refractivity (Wildman–Crippen MR) is 40.6 cm³/mol. The maximum absolute atomic E-state index is 9.03. The van der Waals surface area contributed by atoms with Crippen molar-refractivity contribution >= 4 is 0 Å². The minimum atomic E-state index is -0.604. The zero-order valence-corrected chi connectivity index (χ0v) is 6.25. The number of aliphatic hydroxyl groups is 2. The van der Waals surface area contributed by atoms with Crippen molar-refractivity contribution in [2.24, 2.45) is 0 Å².